The maximum Gasteiger partial charge on any atom is 0.219 e. The molecule has 0 spiro atoms. The van der Waals surface area contributed by atoms with Crippen molar-refractivity contribution >= 4 is 5.91 Å². The van der Waals surface area contributed by atoms with Crippen molar-refractivity contribution in [2.24, 2.45) is 5.92 Å². The Hall–Kier alpha value is -1.59. The molecule has 1 aromatic carbocycles. The SMILES string of the molecule is CC(=O)N1CCC(CN(C)CC(O)COc2ccc(C)cc2C)C1. The Morgan fingerprint density at radius 3 is 2.83 bits per heavy atom. The molecule has 1 amide bonds. The number of aryl methyl sites for hydroxylation is 2. The van der Waals surface area contributed by atoms with Crippen LogP contribution >= 0.6 is 0 Å². The van der Waals surface area contributed by atoms with Crippen LogP contribution in [0.15, 0.2) is 18.2 Å². The molecule has 2 unspecified atom stereocenters. The summed E-state index contributed by atoms with van der Waals surface area (Å²) in [5, 5.41) is 10.2. The van der Waals surface area contributed by atoms with E-state index >= 15 is 0 Å². The van der Waals surface area contributed by atoms with Crippen LogP contribution in [-0.4, -0.2) is 66.8 Å². The fourth-order valence-electron chi connectivity index (χ4n) is 3.34. The van der Waals surface area contributed by atoms with Gasteiger partial charge in [0.15, 0.2) is 0 Å². The number of carbonyl (C=O) groups is 1. The van der Waals surface area contributed by atoms with E-state index in [9.17, 15) is 9.90 Å². The van der Waals surface area contributed by atoms with Crippen LogP contribution in [0.5, 0.6) is 5.75 Å². The first-order valence-electron chi connectivity index (χ1n) is 8.67. The maximum atomic E-state index is 11.4. The van der Waals surface area contributed by atoms with Gasteiger partial charge in [-0.15, -0.1) is 0 Å². The third kappa shape index (κ3) is 5.49. The molecule has 134 valence electrons. The molecule has 0 aliphatic carbocycles. The van der Waals surface area contributed by atoms with Crippen molar-refractivity contribution in [3.8, 4) is 5.75 Å². The van der Waals surface area contributed by atoms with Gasteiger partial charge >= 0.3 is 0 Å². The first-order valence-corrected chi connectivity index (χ1v) is 8.67. The number of hydrogen-bond donors (Lipinski definition) is 1. The molecular weight excluding hydrogens is 304 g/mol. The summed E-state index contributed by atoms with van der Waals surface area (Å²) >= 11 is 0. The molecule has 0 saturated carbocycles. The Morgan fingerprint density at radius 1 is 1.46 bits per heavy atom. The molecular formula is C19H30N2O3. The van der Waals surface area contributed by atoms with E-state index in [1.807, 2.05) is 31.0 Å². The van der Waals surface area contributed by atoms with Gasteiger partial charge in [0.2, 0.25) is 5.91 Å². The normalized spacial score (nSPS) is 18.9. The van der Waals surface area contributed by atoms with Gasteiger partial charge < -0.3 is 19.6 Å². The quantitative estimate of drug-likeness (QED) is 0.827. The lowest BCUT2D eigenvalue weighted by Gasteiger charge is -2.24. The molecule has 5 nitrogen and oxygen atoms in total. The molecule has 1 heterocycles. The Bertz CT molecular complexity index is 562. The highest BCUT2D eigenvalue weighted by Crippen LogP contribution is 2.19. The minimum Gasteiger partial charge on any atom is -0.491 e. The highest BCUT2D eigenvalue weighted by Gasteiger charge is 2.25. The molecule has 1 aliphatic rings. The summed E-state index contributed by atoms with van der Waals surface area (Å²) in [5.41, 5.74) is 2.29. The molecule has 2 rings (SSSR count). The number of rotatable bonds is 7. The standard InChI is InChI=1S/C19H30N2O3/c1-14-5-6-19(15(2)9-14)24-13-18(23)12-20(4)10-17-7-8-21(11-17)16(3)22/h5-6,9,17-18,23H,7-8,10-13H2,1-4H3. The van der Waals surface area contributed by atoms with E-state index in [0.29, 0.717) is 19.1 Å². The van der Waals surface area contributed by atoms with Gasteiger partial charge in [-0.25, -0.2) is 0 Å². The molecule has 1 N–H and O–H groups in total. The summed E-state index contributed by atoms with van der Waals surface area (Å²) in [6, 6.07) is 6.05. The molecule has 24 heavy (non-hydrogen) atoms. The predicted molar refractivity (Wildman–Crippen MR) is 95.3 cm³/mol. The molecule has 5 heteroatoms. The van der Waals surface area contributed by atoms with Crippen LogP contribution in [-0.2, 0) is 4.79 Å². The third-order valence-corrected chi connectivity index (χ3v) is 4.59. The van der Waals surface area contributed by atoms with Crippen molar-refractivity contribution < 1.29 is 14.6 Å². The number of nitrogens with zero attached hydrogens (tertiary/aromatic N) is 2. The minimum absolute atomic E-state index is 0.155. The summed E-state index contributed by atoms with van der Waals surface area (Å²) < 4.78 is 5.74. The van der Waals surface area contributed by atoms with Crippen molar-refractivity contribution in [3.05, 3.63) is 29.3 Å². The summed E-state index contributed by atoms with van der Waals surface area (Å²) in [6.45, 7) is 9.13. The van der Waals surface area contributed by atoms with Crippen LogP contribution in [0, 0.1) is 19.8 Å². The number of aliphatic hydroxyl groups is 1. The Kier molecular flexibility index (Phi) is 6.63. The van der Waals surface area contributed by atoms with Gasteiger partial charge in [-0.2, -0.15) is 0 Å². The highest BCUT2D eigenvalue weighted by atomic mass is 16.5. The number of likely N-dealkylation sites (N-methyl/N-ethyl adjacent to an activating group) is 1. The van der Waals surface area contributed by atoms with E-state index in [1.165, 1.54) is 5.56 Å². The van der Waals surface area contributed by atoms with E-state index in [4.69, 9.17) is 4.74 Å². The average molecular weight is 334 g/mol. The first-order chi connectivity index (χ1) is 11.3. The molecule has 0 radical (unpaired) electrons. The van der Waals surface area contributed by atoms with Crippen molar-refractivity contribution in [2.75, 3.05) is 39.8 Å². The number of hydrogen-bond acceptors (Lipinski definition) is 4. The van der Waals surface area contributed by atoms with E-state index in [0.717, 1.165) is 37.4 Å². The number of likely N-dealkylation sites (tertiary alicyclic amines) is 1. The number of carbonyl (C=O) groups excluding carboxylic acids is 1. The Morgan fingerprint density at radius 2 is 2.21 bits per heavy atom. The number of aliphatic hydroxyl groups excluding tert-OH is 1. The maximum absolute atomic E-state index is 11.4. The monoisotopic (exact) mass is 334 g/mol. The summed E-state index contributed by atoms with van der Waals surface area (Å²) in [7, 11) is 2.01. The third-order valence-electron chi connectivity index (χ3n) is 4.59. The number of amides is 1. The summed E-state index contributed by atoms with van der Waals surface area (Å²) in [5.74, 6) is 1.48. The Balaban J connectivity index is 1.72. The molecule has 1 aliphatic heterocycles. The number of ether oxygens (including phenoxy) is 1. The van der Waals surface area contributed by atoms with Crippen molar-refractivity contribution in [1.82, 2.24) is 9.80 Å². The number of benzene rings is 1. The summed E-state index contributed by atoms with van der Waals surface area (Å²) in [4.78, 5) is 15.4. The van der Waals surface area contributed by atoms with Crippen molar-refractivity contribution in [3.63, 3.8) is 0 Å². The van der Waals surface area contributed by atoms with Gasteiger partial charge in [0.25, 0.3) is 0 Å². The summed E-state index contributed by atoms with van der Waals surface area (Å²) in [6.07, 6.45) is 0.514. The van der Waals surface area contributed by atoms with E-state index < -0.39 is 6.10 Å². The first kappa shape index (κ1) is 18.7. The molecule has 0 bridgehead atoms. The van der Waals surface area contributed by atoms with Gasteiger partial charge in [-0.1, -0.05) is 17.7 Å². The molecule has 1 fully saturated rings. The van der Waals surface area contributed by atoms with Crippen LogP contribution < -0.4 is 4.74 Å². The average Bonchev–Trinajstić information content (AvgIpc) is 2.94. The van der Waals surface area contributed by atoms with Crippen LogP contribution in [0.4, 0.5) is 0 Å². The highest BCUT2D eigenvalue weighted by molar-refractivity contribution is 5.73. The smallest absolute Gasteiger partial charge is 0.219 e. The van der Waals surface area contributed by atoms with Crippen LogP contribution in [0.2, 0.25) is 0 Å². The lowest BCUT2D eigenvalue weighted by atomic mass is 10.1. The second kappa shape index (κ2) is 8.49. The Labute approximate surface area is 145 Å². The van der Waals surface area contributed by atoms with Crippen LogP contribution in [0.1, 0.15) is 24.5 Å². The van der Waals surface area contributed by atoms with E-state index in [2.05, 4.69) is 17.9 Å². The lowest BCUT2D eigenvalue weighted by Crippen LogP contribution is -2.37. The van der Waals surface area contributed by atoms with E-state index in [-0.39, 0.29) is 5.91 Å². The molecule has 2 atom stereocenters. The largest absolute Gasteiger partial charge is 0.491 e. The molecule has 1 aromatic rings. The molecule has 0 aromatic heterocycles. The van der Waals surface area contributed by atoms with Gasteiger partial charge in [0.05, 0.1) is 0 Å². The van der Waals surface area contributed by atoms with Gasteiger partial charge in [0.1, 0.15) is 18.5 Å². The van der Waals surface area contributed by atoms with Crippen LogP contribution in [0.3, 0.4) is 0 Å². The van der Waals surface area contributed by atoms with Crippen molar-refractivity contribution in [1.29, 1.82) is 0 Å². The van der Waals surface area contributed by atoms with Gasteiger partial charge in [-0.3, -0.25) is 4.79 Å². The minimum atomic E-state index is -0.527. The zero-order valence-electron chi connectivity index (χ0n) is 15.3. The van der Waals surface area contributed by atoms with Gasteiger partial charge in [-0.05, 0) is 44.9 Å². The zero-order valence-corrected chi connectivity index (χ0v) is 15.3. The van der Waals surface area contributed by atoms with Crippen LogP contribution in [0.25, 0.3) is 0 Å². The second-order valence-corrected chi connectivity index (χ2v) is 7.07. The van der Waals surface area contributed by atoms with Crippen molar-refractivity contribution in [2.45, 2.75) is 33.3 Å². The second-order valence-electron chi connectivity index (χ2n) is 7.07. The zero-order chi connectivity index (χ0) is 17.7. The lowest BCUT2D eigenvalue weighted by molar-refractivity contribution is -0.127. The van der Waals surface area contributed by atoms with E-state index in [1.54, 1.807) is 6.92 Å². The predicted octanol–water partition coefficient (Wildman–Crippen LogP) is 1.84. The fourth-order valence-corrected chi connectivity index (χ4v) is 3.34. The topological polar surface area (TPSA) is 53.0 Å². The fraction of sp³-hybridized carbons (Fsp3) is 0.632. The molecule has 1 saturated heterocycles. The van der Waals surface area contributed by atoms with Gasteiger partial charge in [0, 0.05) is 33.1 Å².